The first-order valence-electron chi connectivity index (χ1n) is 11.9. The fourth-order valence-corrected chi connectivity index (χ4v) is 5.07. The van der Waals surface area contributed by atoms with E-state index in [9.17, 15) is 9.59 Å². The zero-order chi connectivity index (χ0) is 25.5. The number of hydrogen-bond donors (Lipinski definition) is 3. The maximum atomic E-state index is 13.3. The molecular weight excluding hydrogens is 482 g/mol. The van der Waals surface area contributed by atoms with Crippen molar-refractivity contribution in [2.75, 3.05) is 50.2 Å². The number of urea groups is 1. The van der Waals surface area contributed by atoms with E-state index >= 15 is 0 Å². The number of rotatable bonds is 9. The molecule has 2 aromatic carbocycles. The predicted molar refractivity (Wildman–Crippen MR) is 139 cm³/mol. The molecule has 1 aromatic heterocycles. The quantitative estimate of drug-likeness (QED) is 0.291. The van der Waals surface area contributed by atoms with Crippen LogP contribution in [0.5, 0.6) is 5.75 Å². The molecule has 10 nitrogen and oxygen atoms in total. The molecule has 1 aliphatic heterocycles. The van der Waals surface area contributed by atoms with Gasteiger partial charge in [-0.3, -0.25) is 15.3 Å². The molecule has 2 heterocycles. The van der Waals surface area contributed by atoms with E-state index in [-0.39, 0.29) is 6.03 Å². The van der Waals surface area contributed by atoms with Crippen LogP contribution < -0.4 is 20.4 Å². The van der Waals surface area contributed by atoms with Gasteiger partial charge in [0.05, 0.1) is 30.7 Å². The maximum Gasteiger partial charge on any atom is 0.323 e. The summed E-state index contributed by atoms with van der Waals surface area (Å²) in [5, 5.41) is 12.3. The molecule has 0 saturated carbocycles. The van der Waals surface area contributed by atoms with Gasteiger partial charge in [0.1, 0.15) is 11.3 Å². The Hall–Kier alpha value is -3.41. The Morgan fingerprint density at radius 1 is 1.19 bits per heavy atom. The monoisotopic (exact) mass is 513 g/mol. The molecule has 0 aliphatic carbocycles. The number of ether oxygens (including phenoxy) is 2. The van der Waals surface area contributed by atoms with Crippen molar-refractivity contribution in [3.63, 3.8) is 0 Å². The summed E-state index contributed by atoms with van der Waals surface area (Å²) in [5.74, 6) is 0.0819. The van der Waals surface area contributed by atoms with Crippen molar-refractivity contribution >= 4 is 44.3 Å². The lowest BCUT2D eigenvalue weighted by molar-refractivity contribution is 0.0706. The number of aromatic nitrogens is 1. The lowest BCUT2D eigenvalue weighted by atomic mass is 10.1. The van der Waals surface area contributed by atoms with E-state index in [1.165, 1.54) is 11.3 Å². The van der Waals surface area contributed by atoms with Gasteiger partial charge in [-0.2, -0.15) is 0 Å². The third-order valence-corrected chi connectivity index (χ3v) is 7.02. The third-order valence-electron chi connectivity index (χ3n) is 6.03. The number of nitrogens with zero attached hydrogens (tertiary/aromatic N) is 3. The van der Waals surface area contributed by atoms with Crippen LogP contribution in [0.2, 0.25) is 0 Å². The summed E-state index contributed by atoms with van der Waals surface area (Å²) >= 11 is 1.43. The minimum atomic E-state index is -0.579. The Bertz CT molecular complexity index is 1190. The van der Waals surface area contributed by atoms with Crippen LogP contribution in [0.1, 0.15) is 35.7 Å². The summed E-state index contributed by atoms with van der Waals surface area (Å²) in [6.45, 7) is 5.97. The zero-order valence-electron chi connectivity index (χ0n) is 20.5. The van der Waals surface area contributed by atoms with Gasteiger partial charge in [0.25, 0.3) is 5.91 Å². The lowest BCUT2D eigenvalue weighted by Crippen LogP contribution is -2.36. The van der Waals surface area contributed by atoms with Crippen LogP contribution in [-0.4, -0.2) is 67.0 Å². The predicted octanol–water partition coefficient (Wildman–Crippen LogP) is 4.09. The number of amides is 3. The highest BCUT2D eigenvalue weighted by Gasteiger charge is 2.21. The van der Waals surface area contributed by atoms with Crippen molar-refractivity contribution < 1.29 is 24.3 Å². The molecule has 0 radical (unpaired) electrons. The van der Waals surface area contributed by atoms with Gasteiger partial charge in [0.15, 0.2) is 5.13 Å². The fourth-order valence-electron chi connectivity index (χ4n) is 4.06. The molecule has 11 heteroatoms. The van der Waals surface area contributed by atoms with Crippen LogP contribution in [0.25, 0.3) is 10.2 Å². The number of thiazole rings is 1. The van der Waals surface area contributed by atoms with Crippen LogP contribution >= 0.6 is 11.3 Å². The highest BCUT2D eigenvalue weighted by Crippen LogP contribution is 2.39. The van der Waals surface area contributed by atoms with Crippen LogP contribution in [0.4, 0.5) is 15.6 Å². The molecule has 1 saturated heterocycles. The van der Waals surface area contributed by atoms with Gasteiger partial charge in [-0.1, -0.05) is 36.8 Å². The van der Waals surface area contributed by atoms with Crippen LogP contribution in [0.3, 0.4) is 0 Å². The Kier molecular flexibility index (Phi) is 8.57. The first-order valence-corrected chi connectivity index (χ1v) is 12.7. The Labute approximate surface area is 213 Å². The van der Waals surface area contributed by atoms with E-state index in [4.69, 9.17) is 19.7 Å². The van der Waals surface area contributed by atoms with Gasteiger partial charge in [0, 0.05) is 31.7 Å². The molecule has 0 unspecified atom stereocenters. The Balaban J connectivity index is 1.55. The second-order valence-electron chi connectivity index (χ2n) is 8.43. The SMILES string of the molecule is CCCCN(Cc1ccc(C(=O)NO)cc1)C(=O)Nc1nc2c(OC)ccc(N3CCOCC3)c2s1. The second kappa shape index (κ2) is 12.0. The van der Waals surface area contributed by atoms with Crippen molar-refractivity contribution in [2.24, 2.45) is 0 Å². The molecule has 3 aromatic rings. The number of hydroxylamine groups is 1. The largest absolute Gasteiger partial charge is 0.494 e. The molecule has 0 spiro atoms. The van der Waals surface area contributed by atoms with E-state index < -0.39 is 5.91 Å². The van der Waals surface area contributed by atoms with E-state index in [0.29, 0.717) is 42.7 Å². The van der Waals surface area contributed by atoms with Crippen LogP contribution in [-0.2, 0) is 11.3 Å². The first-order chi connectivity index (χ1) is 17.5. The summed E-state index contributed by atoms with van der Waals surface area (Å²) in [4.78, 5) is 33.6. The number of unbranched alkanes of at least 4 members (excludes halogenated alkanes) is 1. The van der Waals surface area contributed by atoms with Gasteiger partial charge >= 0.3 is 6.03 Å². The molecule has 3 amide bonds. The van der Waals surface area contributed by atoms with Gasteiger partial charge in [0.2, 0.25) is 0 Å². The van der Waals surface area contributed by atoms with E-state index in [2.05, 4.69) is 17.1 Å². The van der Waals surface area contributed by atoms with Crippen molar-refractivity contribution in [2.45, 2.75) is 26.3 Å². The van der Waals surface area contributed by atoms with Gasteiger partial charge in [-0.05, 0) is 36.2 Å². The normalized spacial score (nSPS) is 13.5. The molecule has 0 atom stereocenters. The van der Waals surface area contributed by atoms with Crippen molar-refractivity contribution in [1.29, 1.82) is 0 Å². The number of morpholine rings is 1. The Morgan fingerprint density at radius 2 is 1.94 bits per heavy atom. The van der Waals surface area contributed by atoms with Crippen LogP contribution in [0, 0.1) is 0 Å². The molecule has 0 bridgehead atoms. The maximum absolute atomic E-state index is 13.3. The summed E-state index contributed by atoms with van der Waals surface area (Å²) in [6.07, 6.45) is 1.80. The van der Waals surface area contributed by atoms with Crippen LogP contribution in [0.15, 0.2) is 36.4 Å². The third kappa shape index (κ3) is 5.86. The van der Waals surface area contributed by atoms with E-state index in [0.717, 1.165) is 47.4 Å². The number of carbonyl (C=O) groups is 2. The average Bonchev–Trinajstić information content (AvgIpc) is 3.34. The lowest BCUT2D eigenvalue weighted by Gasteiger charge is -2.29. The summed E-state index contributed by atoms with van der Waals surface area (Å²) in [6, 6.07) is 10.5. The molecule has 1 aliphatic rings. The van der Waals surface area contributed by atoms with Gasteiger partial charge in [-0.15, -0.1) is 0 Å². The minimum absolute atomic E-state index is 0.244. The molecule has 3 N–H and O–H groups in total. The highest BCUT2D eigenvalue weighted by molar-refractivity contribution is 7.23. The summed E-state index contributed by atoms with van der Waals surface area (Å²) in [5.41, 5.74) is 4.61. The summed E-state index contributed by atoms with van der Waals surface area (Å²) in [7, 11) is 1.61. The molecule has 36 heavy (non-hydrogen) atoms. The fraction of sp³-hybridized carbons (Fsp3) is 0.400. The van der Waals surface area contributed by atoms with E-state index in [1.54, 1.807) is 41.8 Å². The average molecular weight is 514 g/mol. The molecule has 1 fully saturated rings. The topological polar surface area (TPSA) is 116 Å². The van der Waals surface area contributed by atoms with E-state index in [1.807, 2.05) is 12.1 Å². The molecule has 4 rings (SSSR count). The standard InChI is InChI=1S/C25H31N5O5S/c1-3-4-11-30(16-17-5-7-18(8-6-17)23(31)28-33)25(32)27-24-26-21-20(34-2)10-9-19(22(21)36-24)29-12-14-35-15-13-29/h5-10,33H,3-4,11-16H2,1-2H3,(H,28,31)(H,26,27,32). The van der Waals surface area contributed by atoms with Gasteiger partial charge in [-0.25, -0.2) is 15.3 Å². The van der Waals surface area contributed by atoms with Gasteiger partial charge < -0.3 is 19.3 Å². The van der Waals surface area contributed by atoms with Crippen molar-refractivity contribution in [1.82, 2.24) is 15.4 Å². The highest BCUT2D eigenvalue weighted by atomic mass is 32.1. The van der Waals surface area contributed by atoms with Crippen molar-refractivity contribution in [3.05, 3.63) is 47.5 Å². The zero-order valence-corrected chi connectivity index (χ0v) is 21.3. The first kappa shape index (κ1) is 25.7. The smallest absolute Gasteiger partial charge is 0.323 e. The number of hydrogen-bond acceptors (Lipinski definition) is 8. The van der Waals surface area contributed by atoms with Crippen molar-refractivity contribution in [3.8, 4) is 5.75 Å². The minimum Gasteiger partial charge on any atom is -0.494 e. The Morgan fingerprint density at radius 3 is 2.61 bits per heavy atom. The second-order valence-corrected chi connectivity index (χ2v) is 9.43. The number of anilines is 2. The number of benzene rings is 2. The molecular formula is C25H31N5O5S. The number of fused-ring (bicyclic) bond motifs is 1. The number of methoxy groups -OCH3 is 1. The number of carbonyl (C=O) groups excluding carboxylic acids is 2. The summed E-state index contributed by atoms with van der Waals surface area (Å²) < 4.78 is 12.0. The number of nitrogens with one attached hydrogen (secondary N) is 2. The molecule has 192 valence electrons.